The van der Waals surface area contributed by atoms with Crippen LogP contribution in [0.5, 0.6) is 0 Å². The molecule has 0 bridgehead atoms. The van der Waals surface area contributed by atoms with Crippen LogP contribution in [0.4, 0.5) is 5.69 Å². The van der Waals surface area contributed by atoms with Gasteiger partial charge in [-0.2, -0.15) is 5.43 Å². The minimum atomic E-state index is -0.462. The van der Waals surface area contributed by atoms with E-state index >= 15 is 0 Å². The minimum Gasteiger partial charge on any atom is -0.270 e. The normalized spacial score (nSPS) is 23.4. The molecule has 1 atom stereocenters. The van der Waals surface area contributed by atoms with Crippen LogP contribution in [-0.2, 0) is 9.59 Å². The fourth-order valence-corrected chi connectivity index (χ4v) is 1.68. The first kappa shape index (κ1) is 10.5. The van der Waals surface area contributed by atoms with E-state index in [4.69, 9.17) is 0 Å². The second-order valence-corrected chi connectivity index (χ2v) is 3.53. The van der Waals surface area contributed by atoms with Crippen LogP contribution in [-0.4, -0.2) is 18.0 Å². The average molecular weight is 218 g/mol. The first-order valence-electron chi connectivity index (χ1n) is 4.96. The number of quaternary nitrogens is 1. The van der Waals surface area contributed by atoms with Crippen molar-refractivity contribution in [3.05, 3.63) is 30.3 Å². The van der Waals surface area contributed by atoms with Gasteiger partial charge in [0.2, 0.25) is 0 Å². The van der Waals surface area contributed by atoms with E-state index in [2.05, 4.69) is 10.5 Å². The molecule has 0 saturated heterocycles. The van der Waals surface area contributed by atoms with E-state index in [9.17, 15) is 9.59 Å². The van der Waals surface area contributed by atoms with E-state index in [1.54, 1.807) is 24.3 Å². The second kappa shape index (κ2) is 3.86. The molecule has 1 N–H and O–H groups in total. The van der Waals surface area contributed by atoms with E-state index in [0.29, 0.717) is 5.69 Å². The molecular weight excluding hydrogens is 206 g/mol. The lowest BCUT2D eigenvalue weighted by Gasteiger charge is -2.23. The smallest absolute Gasteiger partial charge is 0.270 e. The first-order chi connectivity index (χ1) is 7.65. The number of hydrogen-bond donors (Lipinski definition) is 1. The van der Waals surface area contributed by atoms with Gasteiger partial charge in [-0.1, -0.05) is 23.3 Å². The number of nitrogens with zero attached hydrogens (tertiary/aromatic N) is 2. The van der Waals surface area contributed by atoms with Crippen molar-refractivity contribution in [3.63, 3.8) is 0 Å². The maximum absolute atomic E-state index is 11.9. The summed E-state index contributed by atoms with van der Waals surface area (Å²) in [5.41, 5.74) is 3.21. The second-order valence-electron chi connectivity index (χ2n) is 3.53. The molecule has 0 radical (unpaired) electrons. The summed E-state index contributed by atoms with van der Waals surface area (Å²) in [6.07, 6.45) is 1.75. The Labute approximate surface area is 92.9 Å². The number of nitrogens with one attached hydrogen (secondary N) is 1. The van der Waals surface area contributed by atoms with Crippen molar-refractivity contribution in [3.8, 4) is 0 Å². The van der Waals surface area contributed by atoms with Crippen molar-refractivity contribution in [2.45, 2.75) is 13.3 Å². The molecule has 1 aromatic carbocycles. The van der Waals surface area contributed by atoms with Crippen LogP contribution < -0.4 is 10.1 Å². The lowest BCUT2D eigenvalue weighted by molar-refractivity contribution is -0.137. The van der Waals surface area contributed by atoms with Crippen molar-refractivity contribution >= 4 is 23.7 Å². The third-order valence-corrected chi connectivity index (χ3v) is 2.33. The molecule has 5 nitrogen and oxygen atoms in total. The van der Waals surface area contributed by atoms with Crippen LogP contribution in [0.25, 0.3) is 0 Å². The Balaban J connectivity index is 2.47. The number of rotatable bonds is 2. The largest absolute Gasteiger partial charge is 0.375 e. The molecule has 1 unspecified atom stereocenters. The molecule has 0 aromatic heterocycles. The van der Waals surface area contributed by atoms with E-state index < -0.39 is 4.70 Å². The standard InChI is InChI=1S/C11H11N3O2/c1-9(15)13-14(11(16)7-8-12-14)10-5-3-2-4-6-10/h2-6,8H,7H2,1H3/p+1. The van der Waals surface area contributed by atoms with Gasteiger partial charge in [-0.05, 0) is 4.70 Å². The molecule has 0 aliphatic carbocycles. The van der Waals surface area contributed by atoms with E-state index in [1.807, 2.05) is 6.07 Å². The Hall–Kier alpha value is -2.01. The number of benzene rings is 1. The lowest BCUT2D eigenvalue weighted by atomic mass is 10.3. The Morgan fingerprint density at radius 2 is 2.06 bits per heavy atom. The highest BCUT2D eigenvalue weighted by Gasteiger charge is 2.44. The molecule has 1 heterocycles. The summed E-state index contributed by atoms with van der Waals surface area (Å²) in [7, 11) is 0. The molecule has 16 heavy (non-hydrogen) atoms. The van der Waals surface area contributed by atoms with Gasteiger partial charge in [0.15, 0.2) is 5.69 Å². The Morgan fingerprint density at radius 3 is 2.56 bits per heavy atom. The lowest BCUT2D eigenvalue weighted by Crippen LogP contribution is -2.59. The van der Waals surface area contributed by atoms with Crippen molar-refractivity contribution in [1.29, 1.82) is 0 Å². The molecular formula is C11H12N3O2+. The van der Waals surface area contributed by atoms with Gasteiger partial charge in [-0.3, -0.25) is 4.79 Å². The molecule has 1 aliphatic rings. The summed E-state index contributed by atoms with van der Waals surface area (Å²) in [6, 6.07) is 8.97. The van der Waals surface area contributed by atoms with Crippen LogP contribution in [0.2, 0.25) is 0 Å². The maximum Gasteiger partial charge on any atom is 0.375 e. The predicted octanol–water partition coefficient (Wildman–Crippen LogP) is 0.961. The summed E-state index contributed by atoms with van der Waals surface area (Å²) in [5, 5.41) is 4.09. The van der Waals surface area contributed by atoms with Crippen LogP contribution in [0, 0.1) is 0 Å². The fraction of sp³-hybridized carbons (Fsp3) is 0.182. The van der Waals surface area contributed by atoms with Gasteiger partial charge in [0.25, 0.3) is 5.91 Å². The summed E-state index contributed by atoms with van der Waals surface area (Å²) in [5.74, 6) is -0.461. The van der Waals surface area contributed by atoms with Gasteiger partial charge in [0, 0.05) is 19.1 Å². The third kappa shape index (κ3) is 1.61. The van der Waals surface area contributed by atoms with E-state index in [-0.39, 0.29) is 18.2 Å². The van der Waals surface area contributed by atoms with Gasteiger partial charge >= 0.3 is 5.91 Å². The van der Waals surface area contributed by atoms with E-state index in [0.717, 1.165) is 0 Å². The third-order valence-electron chi connectivity index (χ3n) is 2.33. The number of hydrogen-bond acceptors (Lipinski definition) is 3. The van der Waals surface area contributed by atoms with Crippen LogP contribution >= 0.6 is 0 Å². The zero-order valence-corrected chi connectivity index (χ0v) is 8.88. The highest BCUT2D eigenvalue weighted by molar-refractivity contribution is 6.02. The Bertz CT molecular complexity index is 456. The number of amides is 2. The van der Waals surface area contributed by atoms with Crippen LogP contribution in [0.15, 0.2) is 35.4 Å². The number of para-hydroxylation sites is 1. The molecule has 0 fully saturated rings. The van der Waals surface area contributed by atoms with Gasteiger partial charge in [-0.25, -0.2) is 4.79 Å². The molecule has 2 rings (SSSR count). The number of carbonyl (C=O) groups excluding carboxylic acids is 2. The van der Waals surface area contributed by atoms with Crippen molar-refractivity contribution in [1.82, 2.24) is 10.1 Å². The Kier molecular flexibility index (Phi) is 2.54. The Morgan fingerprint density at radius 1 is 1.38 bits per heavy atom. The van der Waals surface area contributed by atoms with Crippen molar-refractivity contribution in [2.24, 2.45) is 5.10 Å². The monoisotopic (exact) mass is 218 g/mol. The quantitative estimate of drug-likeness (QED) is 0.752. The van der Waals surface area contributed by atoms with Gasteiger partial charge in [0.1, 0.15) is 6.42 Å². The van der Waals surface area contributed by atoms with Crippen molar-refractivity contribution in [2.75, 3.05) is 0 Å². The zero-order valence-electron chi connectivity index (χ0n) is 8.88. The van der Waals surface area contributed by atoms with Gasteiger partial charge in [-0.15, -0.1) is 0 Å². The summed E-state index contributed by atoms with van der Waals surface area (Å²) in [4.78, 5) is 23.0. The molecule has 0 spiro atoms. The maximum atomic E-state index is 11.9. The minimum absolute atomic E-state index is 0.165. The fourth-order valence-electron chi connectivity index (χ4n) is 1.68. The topological polar surface area (TPSA) is 58.5 Å². The number of carbonyl (C=O) groups is 2. The summed E-state index contributed by atoms with van der Waals surface area (Å²) >= 11 is 0. The van der Waals surface area contributed by atoms with Crippen LogP contribution in [0.1, 0.15) is 13.3 Å². The zero-order chi connectivity index (χ0) is 11.6. The molecule has 82 valence electrons. The van der Waals surface area contributed by atoms with E-state index in [1.165, 1.54) is 13.1 Å². The van der Waals surface area contributed by atoms with Gasteiger partial charge in [0.05, 0.1) is 6.21 Å². The predicted molar refractivity (Wildman–Crippen MR) is 60.2 cm³/mol. The van der Waals surface area contributed by atoms with Gasteiger partial charge < -0.3 is 0 Å². The molecule has 2 amide bonds. The molecule has 1 aromatic rings. The summed E-state index contributed by atoms with van der Waals surface area (Å²) < 4.78 is -0.462. The first-order valence-corrected chi connectivity index (χ1v) is 4.96. The average Bonchev–Trinajstić information content (AvgIpc) is 2.62. The van der Waals surface area contributed by atoms with Crippen molar-refractivity contribution < 1.29 is 9.59 Å². The SMILES string of the molecule is CC(=O)N[N+]1(c2ccccc2)N=CCC1=O. The molecule has 5 heteroatoms. The molecule has 1 aliphatic heterocycles. The summed E-state index contributed by atoms with van der Waals surface area (Å²) in [6.45, 7) is 1.37. The molecule has 0 saturated carbocycles. The highest BCUT2D eigenvalue weighted by Crippen LogP contribution is 2.25. The van der Waals surface area contributed by atoms with Crippen LogP contribution in [0.3, 0.4) is 0 Å². The highest BCUT2D eigenvalue weighted by atomic mass is 16.2.